The Morgan fingerprint density at radius 1 is 1.15 bits per heavy atom. The number of hydrogen-bond donors (Lipinski definition) is 5. The number of aliphatic hydroxyl groups excluding tert-OH is 5. The Morgan fingerprint density at radius 3 is 2.38 bits per heavy atom. The van der Waals surface area contributed by atoms with Crippen molar-refractivity contribution in [2.45, 2.75) is 61.5 Å². The predicted molar refractivity (Wildman–Crippen MR) is 84.6 cm³/mol. The monoisotopic (exact) mass is 375 g/mol. The smallest absolute Gasteiger partial charge is 0.187 e. The number of methoxy groups -OCH3 is 2. The summed E-state index contributed by atoms with van der Waals surface area (Å²) in [7, 11) is 2.84. The van der Waals surface area contributed by atoms with Crippen molar-refractivity contribution in [2.24, 2.45) is 0 Å². The largest absolute Gasteiger partial charge is 0.394 e. The zero-order valence-electron chi connectivity index (χ0n) is 14.5. The molecule has 0 aromatic carbocycles. The van der Waals surface area contributed by atoms with Gasteiger partial charge in [-0.2, -0.15) is 5.26 Å². The predicted octanol–water partition coefficient (Wildman–Crippen LogP) is -2.58. The van der Waals surface area contributed by atoms with Gasteiger partial charge in [-0.05, 0) is 0 Å². The Labute approximate surface area is 150 Å². The van der Waals surface area contributed by atoms with Gasteiger partial charge in [0.15, 0.2) is 6.29 Å². The number of ether oxygens (including phenoxy) is 4. The Morgan fingerprint density at radius 2 is 1.85 bits per heavy atom. The van der Waals surface area contributed by atoms with Crippen LogP contribution >= 0.6 is 0 Å². The number of hydrogen-bond acceptors (Lipinski definition) is 10. The fraction of sp³-hybridized carbons (Fsp3) is 0.812. The van der Waals surface area contributed by atoms with Crippen molar-refractivity contribution < 1.29 is 44.5 Å². The van der Waals surface area contributed by atoms with Gasteiger partial charge in [-0.3, -0.25) is 0 Å². The van der Waals surface area contributed by atoms with Crippen LogP contribution in [0, 0.1) is 11.3 Å². The molecule has 0 unspecified atom stereocenters. The first-order valence-corrected chi connectivity index (χ1v) is 8.18. The maximum Gasteiger partial charge on any atom is 0.187 e. The van der Waals surface area contributed by atoms with Crippen LogP contribution in [0.25, 0.3) is 0 Å². The van der Waals surface area contributed by atoms with E-state index in [0.29, 0.717) is 0 Å². The van der Waals surface area contributed by atoms with E-state index in [2.05, 4.69) is 0 Å². The molecule has 148 valence electrons. The zero-order chi connectivity index (χ0) is 19.4. The molecule has 9 atom stereocenters. The topological polar surface area (TPSA) is 162 Å². The van der Waals surface area contributed by atoms with Crippen molar-refractivity contribution >= 4 is 0 Å². The van der Waals surface area contributed by atoms with E-state index in [4.69, 9.17) is 24.2 Å². The van der Waals surface area contributed by atoms with E-state index in [9.17, 15) is 25.5 Å². The highest BCUT2D eigenvalue weighted by molar-refractivity contribution is 5.26. The van der Waals surface area contributed by atoms with Gasteiger partial charge in [-0.25, -0.2) is 0 Å². The summed E-state index contributed by atoms with van der Waals surface area (Å²) in [6.45, 7) is -0.592. The molecule has 0 amide bonds. The first-order valence-electron chi connectivity index (χ1n) is 8.18. The van der Waals surface area contributed by atoms with Gasteiger partial charge in [0.2, 0.25) is 0 Å². The molecule has 1 aliphatic heterocycles. The molecule has 1 heterocycles. The summed E-state index contributed by atoms with van der Waals surface area (Å²) in [5.74, 6) is 0. The molecule has 0 aromatic rings. The van der Waals surface area contributed by atoms with Crippen LogP contribution in [0.15, 0.2) is 11.6 Å². The van der Waals surface area contributed by atoms with Gasteiger partial charge >= 0.3 is 0 Å². The second-order valence-electron chi connectivity index (χ2n) is 6.25. The van der Waals surface area contributed by atoms with Crippen molar-refractivity contribution in [2.75, 3.05) is 20.8 Å². The van der Waals surface area contributed by atoms with E-state index < -0.39 is 61.7 Å². The van der Waals surface area contributed by atoms with Crippen molar-refractivity contribution in [1.82, 2.24) is 0 Å². The van der Waals surface area contributed by atoms with Crippen LogP contribution in [-0.2, 0) is 18.9 Å². The molecule has 1 aliphatic carbocycles. The Kier molecular flexibility index (Phi) is 7.48. The van der Waals surface area contributed by atoms with Gasteiger partial charge in [0.25, 0.3) is 0 Å². The third-order valence-corrected chi connectivity index (χ3v) is 4.79. The maximum absolute atomic E-state index is 10.5. The van der Waals surface area contributed by atoms with Crippen LogP contribution in [0.5, 0.6) is 0 Å². The molecule has 2 aliphatic rings. The van der Waals surface area contributed by atoms with Crippen LogP contribution < -0.4 is 0 Å². The lowest BCUT2D eigenvalue weighted by Crippen LogP contribution is -2.60. The molecule has 10 nitrogen and oxygen atoms in total. The van der Waals surface area contributed by atoms with E-state index >= 15 is 0 Å². The van der Waals surface area contributed by atoms with Crippen molar-refractivity contribution in [3.05, 3.63) is 11.6 Å². The summed E-state index contributed by atoms with van der Waals surface area (Å²) in [5.41, 5.74) is 0.213. The van der Waals surface area contributed by atoms with Crippen molar-refractivity contribution in [3.8, 4) is 6.07 Å². The van der Waals surface area contributed by atoms with E-state index in [-0.39, 0.29) is 12.0 Å². The number of rotatable bonds is 5. The summed E-state index contributed by atoms with van der Waals surface area (Å²) < 4.78 is 21.6. The zero-order valence-corrected chi connectivity index (χ0v) is 14.5. The lowest BCUT2D eigenvalue weighted by atomic mass is 9.84. The molecular weight excluding hydrogens is 350 g/mol. The van der Waals surface area contributed by atoms with E-state index in [1.807, 2.05) is 6.07 Å². The third kappa shape index (κ3) is 4.07. The van der Waals surface area contributed by atoms with Crippen LogP contribution in [0.2, 0.25) is 0 Å². The maximum atomic E-state index is 10.5. The molecular formula is C16H25NO9. The SMILES string of the molecule is CO[C@H]1[C@H](O)/C(=C/C#N)[C@@H](O[C@@H]2O[C@H](CO)[C@@H](O)[C@H](O)[C@H]2O)C[C@H]1OC. The summed E-state index contributed by atoms with van der Waals surface area (Å²) in [6.07, 6.45) is -9.22. The number of nitrogens with zero attached hydrogens (tertiary/aromatic N) is 1. The first kappa shape index (κ1) is 21.2. The van der Waals surface area contributed by atoms with Gasteiger partial charge < -0.3 is 44.5 Å². The van der Waals surface area contributed by atoms with Crippen LogP contribution in [0.3, 0.4) is 0 Å². The summed E-state index contributed by atoms with van der Waals surface area (Å²) in [6, 6.07) is 1.83. The second-order valence-corrected chi connectivity index (χ2v) is 6.25. The third-order valence-electron chi connectivity index (χ3n) is 4.79. The molecule has 26 heavy (non-hydrogen) atoms. The fourth-order valence-electron chi connectivity index (χ4n) is 3.30. The van der Waals surface area contributed by atoms with E-state index in [1.165, 1.54) is 14.2 Å². The van der Waals surface area contributed by atoms with Gasteiger partial charge in [0.1, 0.15) is 36.6 Å². The van der Waals surface area contributed by atoms with Gasteiger partial charge in [0, 0.05) is 32.3 Å². The molecule has 1 saturated heterocycles. The molecule has 2 fully saturated rings. The molecule has 0 radical (unpaired) electrons. The lowest BCUT2D eigenvalue weighted by Gasteiger charge is -2.44. The van der Waals surface area contributed by atoms with Crippen LogP contribution in [0.1, 0.15) is 6.42 Å². The molecule has 0 aromatic heterocycles. The Balaban J connectivity index is 2.22. The number of nitriles is 1. The average molecular weight is 375 g/mol. The number of aliphatic hydroxyl groups is 5. The van der Waals surface area contributed by atoms with Crippen molar-refractivity contribution in [1.29, 1.82) is 5.26 Å². The second kappa shape index (κ2) is 9.18. The van der Waals surface area contributed by atoms with E-state index in [0.717, 1.165) is 6.08 Å². The molecule has 0 bridgehead atoms. The van der Waals surface area contributed by atoms with Gasteiger partial charge in [-0.1, -0.05) is 0 Å². The average Bonchev–Trinajstić information content (AvgIpc) is 2.64. The minimum Gasteiger partial charge on any atom is -0.394 e. The summed E-state index contributed by atoms with van der Waals surface area (Å²) in [4.78, 5) is 0. The lowest BCUT2D eigenvalue weighted by molar-refractivity contribution is -0.312. The summed E-state index contributed by atoms with van der Waals surface area (Å²) in [5, 5.41) is 58.5. The highest BCUT2D eigenvalue weighted by Gasteiger charge is 2.48. The Hall–Kier alpha value is -1.13. The minimum atomic E-state index is -1.59. The van der Waals surface area contributed by atoms with Gasteiger partial charge in [0.05, 0.1) is 24.9 Å². The highest BCUT2D eigenvalue weighted by atomic mass is 16.7. The summed E-state index contributed by atoms with van der Waals surface area (Å²) >= 11 is 0. The molecule has 1 saturated carbocycles. The molecule has 5 N–H and O–H groups in total. The van der Waals surface area contributed by atoms with Gasteiger partial charge in [-0.15, -0.1) is 0 Å². The number of allylic oxidation sites excluding steroid dienone is 1. The quantitative estimate of drug-likeness (QED) is 0.323. The minimum absolute atomic E-state index is 0.189. The van der Waals surface area contributed by atoms with Crippen LogP contribution in [0.4, 0.5) is 0 Å². The normalized spacial score (nSPS) is 45.5. The fourth-order valence-corrected chi connectivity index (χ4v) is 3.30. The van der Waals surface area contributed by atoms with E-state index in [1.54, 1.807) is 0 Å². The standard InChI is InChI=1S/C16H25NO9/c1-23-9-5-8(7(3-4-17)11(19)15(9)24-2)25-16-14(22)13(21)12(20)10(6-18)26-16/h3,8-16,18-22H,5-6H2,1-2H3/b7-3+/t8-,9+,10+,11+,12+,13-,14+,15+,16+/m0/s1. The molecule has 2 rings (SSSR count). The van der Waals surface area contributed by atoms with Crippen LogP contribution in [-0.4, -0.2) is 101 Å². The first-order chi connectivity index (χ1) is 12.4. The molecule has 0 spiro atoms. The Bertz CT molecular complexity index is 534. The van der Waals surface area contributed by atoms with Crippen molar-refractivity contribution in [3.63, 3.8) is 0 Å². The highest BCUT2D eigenvalue weighted by Crippen LogP contribution is 2.33. The molecule has 10 heteroatoms.